The van der Waals surface area contributed by atoms with Crippen LogP contribution in [0.15, 0.2) is 6.20 Å². The van der Waals surface area contributed by atoms with E-state index in [0.29, 0.717) is 6.54 Å². The van der Waals surface area contributed by atoms with E-state index in [4.69, 9.17) is 5.73 Å². The Hall–Kier alpha value is -0.350. The molecule has 0 aromatic carbocycles. The molecule has 0 unspecified atom stereocenters. The molecular formula is C13H26BrN3. The van der Waals surface area contributed by atoms with Crippen LogP contribution in [0.1, 0.15) is 57.0 Å². The molecule has 0 spiro atoms. The van der Waals surface area contributed by atoms with Crippen molar-refractivity contribution in [2.45, 2.75) is 58.3 Å². The third-order valence-corrected chi connectivity index (χ3v) is 2.86. The number of hydrogen-bond acceptors (Lipinski definition) is 2. The van der Waals surface area contributed by atoms with Gasteiger partial charge in [-0.2, -0.15) is 0 Å². The lowest BCUT2D eigenvalue weighted by atomic mass is 10.1. The molecule has 3 nitrogen and oxygen atoms in total. The Labute approximate surface area is 115 Å². The van der Waals surface area contributed by atoms with E-state index in [1.165, 1.54) is 44.2 Å². The van der Waals surface area contributed by atoms with Crippen molar-refractivity contribution in [1.82, 2.24) is 9.97 Å². The van der Waals surface area contributed by atoms with Gasteiger partial charge in [0.1, 0.15) is 5.82 Å². The third-order valence-electron chi connectivity index (χ3n) is 2.86. The summed E-state index contributed by atoms with van der Waals surface area (Å²) in [5, 5.41) is 0. The molecule has 1 heterocycles. The van der Waals surface area contributed by atoms with Crippen molar-refractivity contribution >= 4 is 17.0 Å². The molecule has 3 N–H and O–H groups in total. The average molecular weight is 304 g/mol. The Kier molecular flexibility index (Phi) is 10.6. The summed E-state index contributed by atoms with van der Waals surface area (Å²) in [5.74, 6) is 1.12. The minimum atomic E-state index is 0. The quantitative estimate of drug-likeness (QED) is 0.687. The zero-order valence-electron chi connectivity index (χ0n) is 10.9. The van der Waals surface area contributed by atoms with Crippen molar-refractivity contribution in [3.8, 4) is 0 Å². The molecule has 1 aromatic rings. The average Bonchev–Trinajstić information content (AvgIpc) is 2.72. The van der Waals surface area contributed by atoms with Gasteiger partial charge in [-0.1, -0.05) is 39.0 Å². The number of aryl methyl sites for hydroxylation is 1. The minimum Gasteiger partial charge on any atom is -0.346 e. The molecule has 0 amide bonds. The van der Waals surface area contributed by atoms with Gasteiger partial charge in [0.05, 0.1) is 0 Å². The number of nitrogens with two attached hydrogens (primary N) is 1. The Morgan fingerprint density at radius 3 is 2.53 bits per heavy atom. The Morgan fingerprint density at radius 1 is 1.12 bits per heavy atom. The Morgan fingerprint density at radius 2 is 1.82 bits per heavy atom. The maximum atomic E-state index is 5.49. The van der Waals surface area contributed by atoms with Crippen molar-refractivity contribution < 1.29 is 0 Å². The fourth-order valence-electron chi connectivity index (χ4n) is 1.89. The van der Waals surface area contributed by atoms with E-state index in [1.807, 2.05) is 6.20 Å². The highest BCUT2D eigenvalue weighted by molar-refractivity contribution is 8.93. The second kappa shape index (κ2) is 10.8. The largest absolute Gasteiger partial charge is 0.346 e. The van der Waals surface area contributed by atoms with E-state index in [2.05, 4.69) is 16.9 Å². The summed E-state index contributed by atoms with van der Waals surface area (Å²) >= 11 is 0. The summed E-state index contributed by atoms with van der Waals surface area (Å²) in [6.07, 6.45) is 11.9. The number of aromatic nitrogens is 2. The van der Waals surface area contributed by atoms with E-state index < -0.39 is 0 Å². The highest BCUT2D eigenvalue weighted by Crippen LogP contribution is 2.08. The molecule has 0 saturated carbocycles. The van der Waals surface area contributed by atoms with Crippen LogP contribution in [0.5, 0.6) is 0 Å². The molecule has 1 aromatic heterocycles. The zero-order valence-corrected chi connectivity index (χ0v) is 12.6. The van der Waals surface area contributed by atoms with Crippen molar-refractivity contribution in [1.29, 1.82) is 0 Å². The van der Waals surface area contributed by atoms with Crippen LogP contribution < -0.4 is 5.73 Å². The molecule has 1 rings (SSSR count). The van der Waals surface area contributed by atoms with Crippen molar-refractivity contribution in [2.75, 3.05) is 6.54 Å². The second-order valence-electron chi connectivity index (χ2n) is 4.41. The van der Waals surface area contributed by atoms with Crippen LogP contribution in [-0.2, 0) is 12.8 Å². The van der Waals surface area contributed by atoms with Gasteiger partial charge in [-0.05, 0) is 13.0 Å². The number of aromatic amines is 1. The molecule has 4 heteroatoms. The fourth-order valence-corrected chi connectivity index (χ4v) is 1.89. The molecule has 0 bridgehead atoms. The Bertz CT molecular complexity index is 273. The monoisotopic (exact) mass is 303 g/mol. The predicted octanol–water partition coefficient (Wildman–Crippen LogP) is 3.39. The predicted molar refractivity (Wildman–Crippen MR) is 78.7 cm³/mol. The number of rotatable bonds is 9. The number of unbranched alkanes of at least 4 members (excludes halogenated alkanes) is 5. The number of hydrogen-bond donors (Lipinski definition) is 2. The summed E-state index contributed by atoms with van der Waals surface area (Å²) in [7, 11) is 0. The number of nitrogens with one attached hydrogen (secondary N) is 1. The van der Waals surface area contributed by atoms with Crippen LogP contribution in [0.25, 0.3) is 0 Å². The summed E-state index contributed by atoms with van der Waals surface area (Å²) in [6, 6.07) is 0. The number of H-pyrrole nitrogens is 1. The van der Waals surface area contributed by atoms with Gasteiger partial charge in [0.15, 0.2) is 0 Å². The maximum Gasteiger partial charge on any atom is 0.106 e. The summed E-state index contributed by atoms with van der Waals surface area (Å²) in [6.45, 7) is 2.94. The molecule has 0 radical (unpaired) electrons. The summed E-state index contributed by atoms with van der Waals surface area (Å²) in [4.78, 5) is 7.68. The molecule has 0 aliphatic rings. The van der Waals surface area contributed by atoms with Crippen LogP contribution in [0, 0.1) is 0 Å². The van der Waals surface area contributed by atoms with Crippen LogP contribution in [0.3, 0.4) is 0 Å². The maximum absolute atomic E-state index is 5.49. The van der Waals surface area contributed by atoms with E-state index in [-0.39, 0.29) is 17.0 Å². The van der Waals surface area contributed by atoms with Crippen LogP contribution in [-0.4, -0.2) is 16.5 Å². The van der Waals surface area contributed by atoms with Gasteiger partial charge in [-0.25, -0.2) is 4.98 Å². The normalized spacial score (nSPS) is 10.2. The first-order valence-corrected chi connectivity index (χ1v) is 6.59. The van der Waals surface area contributed by atoms with Crippen LogP contribution in [0.2, 0.25) is 0 Å². The topological polar surface area (TPSA) is 54.7 Å². The molecule has 0 aliphatic carbocycles. The van der Waals surface area contributed by atoms with E-state index in [0.717, 1.165) is 18.7 Å². The van der Waals surface area contributed by atoms with Crippen LogP contribution in [0.4, 0.5) is 0 Å². The zero-order chi connectivity index (χ0) is 11.6. The molecule has 0 fully saturated rings. The molecule has 0 saturated heterocycles. The lowest BCUT2D eigenvalue weighted by Gasteiger charge is -1.99. The SMILES string of the molecule is Br.CCCCCCCCc1ncc(CCN)[nH]1. The first kappa shape index (κ1) is 16.6. The number of imidazole rings is 1. The van der Waals surface area contributed by atoms with Gasteiger partial charge < -0.3 is 10.7 Å². The first-order chi connectivity index (χ1) is 7.86. The lowest BCUT2D eigenvalue weighted by Crippen LogP contribution is -2.02. The van der Waals surface area contributed by atoms with Crippen LogP contribution >= 0.6 is 17.0 Å². The highest BCUT2D eigenvalue weighted by atomic mass is 79.9. The van der Waals surface area contributed by atoms with Gasteiger partial charge in [0.2, 0.25) is 0 Å². The van der Waals surface area contributed by atoms with Crippen molar-refractivity contribution in [3.63, 3.8) is 0 Å². The molecule has 17 heavy (non-hydrogen) atoms. The van der Waals surface area contributed by atoms with Crippen molar-refractivity contribution in [3.05, 3.63) is 17.7 Å². The van der Waals surface area contributed by atoms with Crippen molar-refractivity contribution in [2.24, 2.45) is 5.73 Å². The fraction of sp³-hybridized carbons (Fsp3) is 0.769. The molecule has 100 valence electrons. The van der Waals surface area contributed by atoms with Gasteiger partial charge in [-0.15, -0.1) is 17.0 Å². The van der Waals surface area contributed by atoms with Gasteiger partial charge >= 0.3 is 0 Å². The first-order valence-electron chi connectivity index (χ1n) is 6.59. The second-order valence-corrected chi connectivity index (χ2v) is 4.41. The smallest absolute Gasteiger partial charge is 0.106 e. The minimum absolute atomic E-state index is 0. The van der Waals surface area contributed by atoms with E-state index in [1.54, 1.807) is 0 Å². The third kappa shape index (κ3) is 7.55. The molecule has 0 atom stereocenters. The molecular weight excluding hydrogens is 278 g/mol. The number of nitrogens with zero attached hydrogens (tertiary/aromatic N) is 1. The lowest BCUT2D eigenvalue weighted by molar-refractivity contribution is 0.602. The summed E-state index contributed by atoms with van der Waals surface area (Å²) < 4.78 is 0. The van der Waals surface area contributed by atoms with E-state index >= 15 is 0 Å². The van der Waals surface area contributed by atoms with Gasteiger partial charge in [-0.3, -0.25) is 0 Å². The Balaban J connectivity index is 0.00000256. The highest BCUT2D eigenvalue weighted by Gasteiger charge is 1.99. The standard InChI is InChI=1S/C13H25N3.BrH/c1-2-3-4-5-6-7-8-13-15-11-12(16-13)9-10-14;/h11H,2-10,14H2,1H3,(H,15,16);1H. The van der Waals surface area contributed by atoms with E-state index in [9.17, 15) is 0 Å². The van der Waals surface area contributed by atoms with Gasteiger partial charge in [0.25, 0.3) is 0 Å². The summed E-state index contributed by atoms with van der Waals surface area (Å²) in [5.41, 5.74) is 6.66. The van der Waals surface area contributed by atoms with Gasteiger partial charge in [0, 0.05) is 24.7 Å². The molecule has 0 aliphatic heterocycles. The number of halogens is 1.